The molecule has 1 aliphatic carbocycles. The molecule has 0 bridgehead atoms. The Morgan fingerprint density at radius 2 is 2.00 bits per heavy atom. The number of rotatable bonds is 6. The van der Waals surface area contributed by atoms with Gasteiger partial charge in [-0.15, -0.1) is 0 Å². The van der Waals surface area contributed by atoms with E-state index in [-0.39, 0.29) is 18.0 Å². The second kappa shape index (κ2) is 8.54. The fourth-order valence-corrected chi connectivity index (χ4v) is 3.69. The lowest BCUT2D eigenvalue weighted by Crippen LogP contribution is -2.31. The molecule has 0 aliphatic heterocycles. The summed E-state index contributed by atoms with van der Waals surface area (Å²) < 4.78 is 1.61. The zero-order valence-electron chi connectivity index (χ0n) is 15.1. The number of benzene rings is 1. The normalized spacial score (nSPS) is 15.4. The topological polar surface area (TPSA) is 95.1 Å². The SMILES string of the molecule is N#CC(=Cc1cn(CC(=O)O)c2ccccc12)C(=O)NCC1CCCCC1. The summed E-state index contributed by atoms with van der Waals surface area (Å²) in [6, 6.07) is 9.33. The first-order chi connectivity index (χ1) is 13.1. The van der Waals surface area contributed by atoms with Crippen molar-refractivity contribution in [2.45, 2.75) is 38.6 Å². The summed E-state index contributed by atoms with van der Waals surface area (Å²) in [4.78, 5) is 23.5. The Bertz CT molecular complexity index is 914. The number of amides is 1. The van der Waals surface area contributed by atoms with Crippen LogP contribution in [0, 0.1) is 17.2 Å². The van der Waals surface area contributed by atoms with Crippen LogP contribution >= 0.6 is 0 Å². The van der Waals surface area contributed by atoms with Crippen LogP contribution in [0.4, 0.5) is 0 Å². The smallest absolute Gasteiger partial charge is 0.323 e. The Morgan fingerprint density at radius 1 is 1.26 bits per heavy atom. The zero-order valence-corrected chi connectivity index (χ0v) is 15.1. The van der Waals surface area contributed by atoms with Gasteiger partial charge >= 0.3 is 5.97 Å². The van der Waals surface area contributed by atoms with Crippen LogP contribution in [-0.2, 0) is 16.1 Å². The number of nitrogens with one attached hydrogen (secondary N) is 1. The van der Waals surface area contributed by atoms with Crippen LogP contribution in [0.1, 0.15) is 37.7 Å². The molecule has 0 radical (unpaired) electrons. The van der Waals surface area contributed by atoms with E-state index < -0.39 is 5.97 Å². The lowest BCUT2D eigenvalue weighted by atomic mass is 9.89. The quantitative estimate of drug-likeness (QED) is 0.606. The number of hydrogen-bond acceptors (Lipinski definition) is 3. The highest BCUT2D eigenvalue weighted by Gasteiger charge is 2.17. The predicted octanol–water partition coefficient (Wildman–Crippen LogP) is 3.33. The minimum atomic E-state index is -0.947. The molecule has 0 saturated heterocycles. The second-order valence-corrected chi connectivity index (χ2v) is 7.01. The third-order valence-corrected chi connectivity index (χ3v) is 5.07. The molecule has 1 saturated carbocycles. The van der Waals surface area contributed by atoms with Crippen molar-refractivity contribution in [2.24, 2.45) is 5.92 Å². The molecule has 6 heteroatoms. The van der Waals surface area contributed by atoms with Crippen molar-refractivity contribution in [1.29, 1.82) is 5.26 Å². The van der Waals surface area contributed by atoms with Crippen molar-refractivity contribution in [2.75, 3.05) is 6.54 Å². The maximum atomic E-state index is 12.4. The molecular formula is C21H23N3O3. The van der Waals surface area contributed by atoms with Gasteiger partial charge in [0, 0.05) is 29.2 Å². The van der Waals surface area contributed by atoms with E-state index in [9.17, 15) is 14.9 Å². The largest absolute Gasteiger partial charge is 0.480 e. The van der Waals surface area contributed by atoms with Gasteiger partial charge in [0.15, 0.2) is 0 Å². The van der Waals surface area contributed by atoms with E-state index in [1.54, 1.807) is 10.8 Å². The first-order valence-electron chi connectivity index (χ1n) is 9.28. The summed E-state index contributed by atoms with van der Waals surface area (Å²) in [5.41, 5.74) is 1.45. The molecule has 1 fully saturated rings. The molecule has 1 heterocycles. The molecule has 2 N–H and O–H groups in total. The van der Waals surface area contributed by atoms with Crippen molar-refractivity contribution < 1.29 is 14.7 Å². The average molecular weight is 365 g/mol. The van der Waals surface area contributed by atoms with Gasteiger partial charge < -0.3 is 15.0 Å². The predicted molar refractivity (Wildman–Crippen MR) is 103 cm³/mol. The third-order valence-electron chi connectivity index (χ3n) is 5.07. The maximum absolute atomic E-state index is 12.4. The monoisotopic (exact) mass is 365 g/mol. The van der Waals surface area contributed by atoms with Gasteiger partial charge in [0.25, 0.3) is 5.91 Å². The maximum Gasteiger partial charge on any atom is 0.323 e. The first-order valence-corrected chi connectivity index (χ1v) is 9.28. The van der Waals surface area contributed by atoms with Gasteiger partial charge in [-0.3, -0.25) is 9.59 Å². The molecule has 1 amide bonds. The number of carboxylic acid groups (broad SMARTS) is 1. The highest BCUT2D eigenvalue weighted by molar-refractivity contribution is 6.04. The van der Waals surface area contributed by atoms with E-state index in [1.165, 1.54) is 25.3 Å². The van der Waals surface area contributed by atoms with E-state index in [4.69, 9.17) is 5.11 Å². The summed E-state index contributed by atoms with van der Waals surface area (Å²) in [5, 5.41) is 22.2. The van der Waals surface area contributed by atoms with Gasteiger partial charge in [-0.05, 0) is 30.9 Å². The Labute approximate surface area is 158 Å². The van der Waals surface area contributed by atoms with Gasteiger partial charge in [0.2, 0.25) is 0 Å². The summed E-state index contributed by atoms with van der Waals surface area (Å²) in [7, 11) is 0. The molecule has 2 aromatic rings. The van der Waals surface area contributed by atoms with E-state index >= 15 is 0 Å². The Hall–Kier alpha value is -3.07. The zero-order chi connectivity index (χ0) is 19.2. The molecule has 1 aliphatic rings. The number of nitrogens with zero attached hydrogens (tertiary/aromatic N) is 2. The summed E-state index contributed by atoms with van der Waals surface area (Å²) in [5.74, 6) is -0.838. The van der Waals surface area contributed by atoms with Crippen LogP contribution in [0.5, 0.6) is 0 Å². The molecule has 27 heavy (non-hydrogen) atoms. The lowest BCUT2D eigenvalue weighted by molar-refractivity contribution is -0.137. The summed E-state index contributed by atoms with van der Waals surface area (Å²) >= 11 is 0. The number of hydrogen-bond donors (Lipinski definition) is 2. The van der Waals surface area contributed by atoms with Crippen molar-refractivity contribution in [3.8, 4) is 6.07 Å². The molecule has 140 valence electrons. The summed E-state index contributed by atoms with van der Waals surface area (Å²) in [6.45, 7) is 0.419. The van der Waals surface area contributed by atoms with Crippen LogP contribution in [0.3, 0.4) is 0 Å². The van der Waals surface area contributed by atoms with Crippen LogP contribution in [0.15, 0.2) is 36.0 Å². The van der Waals surface area contributed by atoms with Gasteiger partial charge in [0.1, 0.15) is 18.2 Å². The second-order valence-electron chi connectivity index (χ2n) is 7.01. The number of aliphatic carboxylic acids is 1. The van der Waals surface area contributed by atoms with E-state index in [1.807, 2.05) is 30.3 Å². The number of carbonyl (C=O) groups excluding carboxylic acids is 1. The third kappa shape index (κ3) is 4.56. The molecule has 6 nitrogen and oxygen atoms in total. The number of aromatic nitrogens is 1. The van der Waals surface area contributed by atoms with Crippen LogP contribution < -0.4 is 5.32 Å². The molecular weight excluding hydrogens is 342 g/mol. The van der Waals surface area contributed by atoms with E-state index in [0.29, 0.717) is 18.0 Å². The molecule has 1 aromatic carbocycles. The standard InChI is InChI=1S/C21H23N3O3/c22-11-16(21(27)23-12-15-6-2-1-3-7-15)10-17-13-24(14-20(25)26)19-9-5-4-8-18(17)19/h4-5,8-10,13,15H,1-3,6-7,12,14H2,(H,23,27)(H,25,26). The molecule has 1 aromatic heterocycles. The van der Waals surface area contributed by atoms with Crippen LogP contribution in [-0.4, -0.2) is 28.1 Å². The molecule has 3 rings (SSSR count). The number of para-hydroxylation sites is 1. The molecule has 0 unspecified atom stereocenters. The van der Waals surface area contributed by atoms with E-state index in [2.05, 4.69) is 5.32 Å². The number of nitriles is 1. The van der Waals surface area contributed by atoms with Gasteiger partial charge in [-0.1, -0.05) is 37.5 Å². The Morgan fingerprint density at radius 3 is 2.70 bits per heavy atom. The molecule has 0 spiro atoms. The van der Waals surface area contributed by atoms with Crippen molar-refractivity contribution >= 4 is 28.9 Å². The fourth-order valence-electron chi connectivity index (χ4n) is 3.69. The van der Waals surface area contributed by atoms with Gasteiger partial charge in [-0.25, -0.2) is 0 Å². The minimum absolute atomic E-state index is 0.0315. The highest BCUT2D eigenvalue weighted by atomic mass is 16.4. The van der Waals surface area contributed by atoms with Crippen molar-refractivity contribution in [3.05, 3.63) is 41.6 Å². The van der Waals surface area contributed by atoms with Crippen molar-refractivity contribution in [1.82, 2.24) is 9.88 Å². The van der Waals surface area contributed by atoms with Crippen molar-refractivity contribution in [3.63, 3.8) is 0 Å². The van der Waals surface area contributed by atoms with Crippen LogP contribution in [0.2, 0.25) is 0 Å². The van der Waals surface area contributed by atoms with E-state index in [0.717, 1.165) is 23.7 Å². The number of fused-ring (bicyclic) bond motifs is 1. The average Bonchev–Trinajstić information content (AvgIpc) is 3.02. The Kier molecular flexibility index (Phi) is 5.92. The Balaban J connectivity index is 1.81. The fraction of sp³-hybridized carbons (Fsp3) is 0.381. The lowest BCUT2D eigenvalue weighted by Gasteiger charge is -2.21. The minimum Gasteiger partial charge on any atom is -0.480 e. The van der Waals surface area contributed by atoms with Crippen LogP contribution in [0.25, 0.3) is 17.0 Å². The number of carbonyl (C=O) groups is 2. The first kappa shape index (κ1) is 18.7. The molecule has 0 atom stereocenters. The summed E-state index contributed by atoms with van der Waals surface area (Å²) in [6.07, 6.45) is 9.11. The van der Waals surface area contributed by atoms with Gasteiger partial charge in [0.05, 0.1) is 0 Å². The number of carboxylic acids is 1. The highest BCUT2D eigenvalue weighted by Crippen LogP contribution is 2.24. The van der Waals surface area contributed by atoms with Gasteiger partial charge in [-0.2, -0.15) is 5.26 Å².